The Morgan fingerprint density at radius 3 is 2.32 bits per heavy atom. The zero-order valence-corrected chi connectivity index (χ0v) is 10.0. The zero-order valence-electron chi connectivity index (χ0n) is 10.0. The van der Waals surface area contributed by atoms with E-state index in [0.717, 1.165) is 0 Å². The number of nitrogens with one attached hydrogen (secondary N) is 1. The Kier molecular flexibility index (Phi) is 4.91. The number of amides is 1. The molecule has 1 aromatic rings. The summed E-state index contributed by atoms with van der Waals surface area (Å²) >= 11 is 0. The average molecular weight is 275 g/mol. The molecule has 104 valence electrons. The summed E-state index contributed by atoms with van der Waals surface area (Å²) in [4.78, 5) is 22.5. The summed E-state index contributed by atoms with van der Waals surface area (Å²) in [5.74, 6) is -3.12. The summed E-state index contributed by atoms with van der Waals surface area (Å²) in [5.41, 5.74) is 0.221. The number of alkyl halides is 3. The van der Waals surface area contributed by atoms with Crippen LogP contribution in [0.4, 0.5) is 13.2 Å². The van der Waals surface area contributed by atoms with Gasteiger partial charge in [-0.25, -0.2) is 4.79 Å². The van der Waals surface area contributed by atoms with Gasteiger partial charge in [-0.1, -0.05) is 30.3 Å². The van der Waals surface area contributed by atoms with Crippen molar-refractivity contribution < 1.29 is 27.5 Å². The molecule has 0 aliphatic carbocycles. The van der Waals surface area contributed by atoms with Crippen molar-refractivity contribution in [1.82, 2.24) is 5.32 Å². The molecule has 0 saturated heterocycles. The number of rotatable bonds is 4. The van der Waals surface area contributed by atoms with Crippen molar-refractivity contribution in [2.75, 3.05) is 6.61 Å². The van der Waals surface area contributed by atoms with Crippen molar-refractivity contribution in [1.29, 1.82) is 0 Å². The maximum atomic E-state index is 12.2. The van der Waals surface area contributed by atoms with Gasteiger partial charge in [-0.3, -0.25) is 4.79 Å². The lowest BCUT2D eigenvalue weighted by atomic mass is 10.1. The zero-order chi connectivity index (χ0) is 14.5. The number of hydrogen-bond acceptors (Lipinski definition) is 3. The lowest BCUT2D eigenvalue weighted by Crippen LogP contribution is -2.42. The molecule has 0 aromatic heterocycles. The van der Waals surface area contributed by atoms with E-state index in [1.807, 2.05) is 0 Å². The number of carbonyl (C=O) groups is 2. The van der Waals surface area contributed by atoms with Crippen LogP contribution in [0.3, 0.4) is 0 Å². The fourth-order valence-corrected chi connectivity index (χ4v) is 1.36. The van der Waals surface area contributed by atoms with Gasteiger partial charge in [0.2, 0.25) is 0 Å². The minimum absolute atomic E-state index is 0.00402. The van der Waals surface area contributed by atoms with Gasteiger partial charge in [0.25, 0.3) is 0 Å². The SMILES string of the molecule is CCOC(=O)C(NC(=O)C(F)(F)F)c1ccccc1. The van der Waals surface area contributed by atoms with Crippen molar-refractivity contribution in [3.05, 3.63) is 35.9 Å². The second-order valence-electron chi connectivity index (χ2n) is 3.57. The van der Waals surface area contributed by atoms with E-state index in [0.29, 0.717) is 0 Å². The summed E-state index contributed by atoms with van der Waals surface area (Å²) in [5, 5.41) is 1.62. The van der Waals surface area contributed by atoms with Crippen LogP contribution in [0.1, 0.15) is 18.5 Å². The Hall–Kier alpha value is -2.05. The van der Waals surface area contributed by atoms with Gasteiger partial charge in [0.1, 0.15) is 0 Å². The van der Waals surface area contributed by atoms with E-state index in [-0.39, 0.29) is 12.2 Å². The van der Waals surface area contributed by atoms with Crippen LogP contribution in [0.2, 0.25) is 0 Å². The first kappa shape index (κ1) is 15.0. The molecule has 4 nitrogen and oxygen atoms in total. The quantitative estimate of drug-likeness (QED) is 0.855. The molecule has 0 bridgehead atoms. The van der Waals surface area contributed by atoms with Gasteiger partial charge >= 0.3 is 18.1 Å². The summed E-state index contributed by atoms with van der Waals surface area (Å²) < 4.78 is 41.3. The summed E-state index contributed by atoms with van der Waals surface area (Å²) in [7, 11) is 0. The highest BCUT2D eigenvalue weighted by Crippen LogP contribution is 2.19. The van der Waals surface area contributed by atoms with Gasteiger partial charge in [-0.2, -0.15) is 13.2 Å². The van der Waals surface area contributed by atoms with Crippen LogP contribution >= 0.6 is 0 Å². The summed E-state index contributed by atoms with van der Waals surface area (Å²) in [6.45, 7) is 1.52. The summed E-state index contributed by atoms with van der Waals surface area (Å²) in [6, 6.07) is 6.10. The first-order valence-corrected chi connectivity index (χ1v) is 5.45. The molecule has 1 aromatic carbocycles. The molecule has 0 heterocycles. The predicted octanol–water partition coefficient (Wildman–Crippen LogP) is 1.97. The van der Waals surface area contributed by atoms with Crippen LogP contribution in [0.5, 0.6) is 0 Å². The van der Waals surface area contributed by atoms with Crippen molar-refractivity contribution in [2.45, 2.75) is 19.1 Å². The Morgan fingerprint density at radius 2 is 1.84 bits per heavy atom. The molecule has 0 fully saturated rings. The standard InChI is InChI=1S/C12H12F3NO3/c1-2-19-10(17)9(8-6-4-3-5-7-8)16-11(18)12(13,14)15/h3-7,9H,2H2,1H3,(H,16,18). The van der Waals surface area contributed by atoms with Gasteiger partial charge in [0, 0.05) is 0 Å². The molecular weight excluding hydrogens is 263 g/mol. The third-order valence-corrected chi connectivity index (χ3v) is 2.19. The Labute approximate surface area is 107 Å². The monoisotopic (exact) mass is 275 g/mol. The molecule has 0 saturated carbocycles. The smallest absolute Gasteiger partial charge is 0.464 e. The minimum Gasteiger partial charge on any atom is -0.464 e. The highest BCUT2D eigenvalue weighted by molar-refractivity contribution is 5.88. The van der Waals surface area contributed by atoms with Gasteiger partial charge < -0.3 is 10.1 Å². The molecule has 19 heavy (non-hydrogen) atoms. The second kappa shape index (κ2) is 6.21. The van der Waals surface area contributed by atoms with Crippen LogP contribution < -0.4 is 5.32 Å². The number of esters is 1. The van der Waals surface area contributed by atoms with Crippen LogP contribution in [0, 0.1) is 0 Å². The lowest BCUT2D eigenvalue weighted by molar-refractivity contribution is -0.176. The minimum atomic E-state index is -5.06. The van der Waals surface area contributed by atoms with E-state index in [2.05, 4.69) is 4.74 Å². The maximum Gasteiger partial charge on any atom is 0.471 e. The van der Waals surface area contributed by atoms with Crippen LogP contribution in [0.25, 0.3) is 0 Å². The number of hydrogen-bond donors (Lipinski definition) is 1. The van der Waals surface area contributed by atoms with Crippen molar-refractivity contribution >= 4 is 11.9 Å². The lowest BCUT2D eigenvalue weighted by Gasteiger charge is -2.18. The van der Waals surface area contributed by atoms with E-state index in [4.69, 9.17) is 0 Å². The number of halogens is 3. The van der Waals surface area contributed by atoms with Gasteiger partial charge in [-0.05, 0) is 12.5 Å². The van der Waals surface area contributed by atoms with Gasteiger partial charge in [0.05, 0.1) is 6.61 Å². The van der Waals surface area contributed by atoms with Crippen molar-refractivity contribution in [3.8, 4) is 0 Å². The molecule has 0 radical (unpaired) electrons. The highest BCUT2D eigenvalue weighted by atomic mass is 19.4. The fourth-order valence-electron chi connectivity index (χ4n) is 1.36. The molecule has 0 spiro atoms. The number of benzene rings is 1. The van der Waals surface area contributed by atoms with Gasteiger partial charge in [0.15, 0.2) is 6.04 Å². The Bertz CT molecular complexity index is 445. The molecular formula is C12H12F3NO3. The predicted molar refractivity (Wildman–Crippen MR) is 60.0 cm³/mol. The molecule has 7 heteroatoms. The molecule has 0 aliphatic rings. The maximum absolute atomic E-state index is 12.2. The largest absolute Gasteiger partial charge is 0.471 e. The number of carbonyl (C=O) groups excluding carboxylic acids is 2. The third-order valence-electron chi connectivity index (χ3n) is 2.19. The van der Waals surface area contributed by atoms with E-state index < -0.39 is 24.1 Å². The first-order chi connectivity index (χ1) is 8.86. The van der Waals surface area contributed by atoms with Crippen LogP contribution in [-0.2, 0) is 14.3 Å². The molecule has 1 rings (SSSR count). The normalized spacial score (nSPS) is 12.6. The van der Waals surface area contributed by atoms with Crippen LogP contribution in [0.15, 0.2) is 30.3 Å². The fraction of sp³-hybridized carbons (Fsp3) is 0.333. The molecule has 1 N–H and O–H groups in total. The van der Waals surface area contributed by atoms with E-state index in [1.54, 1.807) is 23.5 Å². The van der Waals surface area contributed by atoms with Crippen molar-refractivity contribution in [2.24, 2.45) is 0 Å². The number of ether oxygens (including phenoxy) is 1. The van der Waals surface area contributed by atoms with Crippen molar-refractivity contribution in [3.63, 3.8) is 0 Å². The average Bonchev–Trinajstić information content (AvgIpc) is 2.35. The van der Waals surface area contributed by atoms with Gasteiger partial charge in [-0.15, -0.1) is 0 Å². The molecule has 1 atom stereocenters. The Morgan fingerprint density at radius 1 is 1.26 bits per heavy atom. The molecule has 1 amide bonds. The van der Waals surface area contributed by atoms with E-state index in [9.17, 15) is 22.8 Å². The molecule has 1 unspecified atom stereocenters. The first-order valence-electron chi connectivity index (χ1n) is 5.45. The van der Waals surface area contributed by atoms with Crippen LogP contribution in [-0.4, -0.2) is 24.7 Å². The van der Waals surface area contributed by atoms with E-state index >= 15 is 0 Å². The second-order valence-corrected chi connectivity index (χ2v) is 3.57. The third kappa shape index (κ3) is 4.27. The molecule has 0 aliphatic heterocycles. The highest BCUT2D eigenvalue weighted by Gasteiger charge is 2.41. The summed E-state index contributed by atoms with van der Waals surface area (Å²) in [6.07, 6.45) is -5.06. The topological polar surface area (TPSA) is 55.4 Å². The Balaban J connectivity index is 2.94. The van der Waals surface area contributed by atoms with E-state index in [1.165, 1.54) is 19.1 Å².